The van der Waals surface area contributed by atoms with E-state index in [1.54, 1.807) is 0 Å². The molecular weight excluding hydrogens is 350 g/mol. The number of nitrogens with one attached hydrogen (secondary N) is 4. The third kappa shape index (κ3) is 3.59. The van der Waals surface area contributed by atoms with Crippen molar-refractivity contribution >= 4 is 5.91 Å². The van der Waals surface area contributed by atoms with Crippen molar-refractivity contribution in [3.63, 3.8) is 0 Å². The molecule has 3 fully saturated rings. The van der Waals surface area contributed by atoms with Gasteiger partial charge in [0.25, 0.3) is 0 Å². The van der Waals surface area contributed by atoms with Gasteiger partial charge in [0.05, 0.1) is 24.0 Å². The van der Waals surface area contributed by atoms with Crippen LogP contribution in [-0.4, -0.2) is 41.0 Å². The van der Waals surface area contributed by atoms with Crippen molar-refractivity contribution in [2.75, 3.05) is 13.1 Å². The number of aromatic nitrogens is 2. The van der Waals surface area contributed by atoms with E-state index in [0.717, 1.165) is 56.7 Å². The molecule has 4 N–H and O–H groups in total. The molecule has 6 heteroatoms. The number of carbonyl (C=O) groups excluding carboxylic acids is 1. The molecule has 5 rings (SSSR count). The van der Waals surface area contributed by atoms with E-state index in [-0.39, 0.29) is 11.9 Å². The van der Waals surface area contributed by atoms with Crippen molar-refractivity contribution in [2.24, 2.45) is 0 Å². The molecule has 2 saturated heterocycles. The summed E-state index contributed by atoms with van der Waals surface area (Å²) in [5.41, 5.74) is 3.63. The topological polar surface area (TPSA) is 81.8 Å². The molecule has 3 aliphatic rings. The van der Waals surface area contributed by atoms with Crippen LogP contribution in [0.4, 0.5) is 0 Å². The van der Waals surface area contributed by atoms with E-state index in [1.807, 2.05) is 6.20 Å². The highest BCUT2D eigenvalue weighted by Gasteiger charge is 2.33. The van der Waals surface area contributed by atoms with E-state index in [0.29, 0.717) is 18.0 Å². The van der Waals surface area contributed by atoms with E-state index in [9.17, 15) is 4.79 Å². The van der Waals surface area contributed by atoms with Crippen LogP contribution in [0.1, 0.15) is 61.9 Å². The third-order valence-electron chi connectivity index (χ3n) is 6.54. The van der Waals surface area contributed by atoms with Crippen molar-refractivity contribution < 1.29 is 4.79 Å². The molecule has 0 spiro atoms. The number of amides is 1. The maximum atomic E-state index is 12.2. The lowest BCUT2D eigenvalue weighted by Crippen LogP contribution is -2.49. The molecule has 148 valence electrons. The smallest absolute Gasteiger partial charge is 0.237 e. The predicted octanol–water partition coefficient (Wildman–Crippen LogP) is 2.62. The zero-order valence-corrected chi connectivity index (χ0v) is 16.2. The lowest BCUT2D eigenvalue weighted by Gasteiger charge is -2.36. The van der Waals surface area contributed by atoms with Crippen molar-refractivity contribution in [3.05, 3.63) is 41.9 Å². The number of rotatable bonds is 5. The Labute approximate surface area is 165 Å². The van der Waals surface area contributed by atoms with Gasteiger partial charge in [0.15, 0.2) is 0 Å². The maximum absolute atomic E-state index is 12.2. The molecule has 2 atom stereocenters. The molecule has 0 bridgehead atoms. The first-order valence-corrected chi connectivity index (χ1v) is 10.7. The van der Waals surface area contributed by atoms with Gasteiger partial charge < -0.3 is 20.9 Å². The molecule has 1 amide bonds. The minimum Gasteiger partial charge on any atom is -0.352 e. The van der Waals surface area contributed by atoms with Crippen molar-refractivity contribution in [2.45, 2.75) is 62.6 Å². The van der Waals surface area contributed by atoms with E-state index in [4.69, 9.17) is 0 Å². The lowest BCUT2D eigenvalue weighted by molar-refractivity contribution is -0.124. The standard InChI is InChI=1S/C22H29N5O/c28-22(19-4-2-10-24-19)26-17-11-16(12-17)14-5-7-15(8-6-14)20-13-25-21(27-20)18-3-1-9-23-18/h5-8,13,16-19,23-24H,1-4,9-12H2,(H,25,27)(H,26,28)/t16?,17?,18-,19?/m0/s1. The summed E-state index contributed by atoms with van der Waals surface area (Å²) in [5, 5.41) is 9.96. The van der Waals surface area contributed by atoms with Crippen LogP contribution in [0.5, 0.6) is 0 Å². The number of aromatic amines is 1. The molecule has 28 heavy (non-hydrogen) atoms. The van der Waals surface area contributed by atoms with Gasteiger partial charge in [-0.25, -0.2) is 4.98 Å². The Hall–Kier alpha value is -2.18. The largest absolute Gasteiger partial charge is 0.352 e. The van der Waals surface area contributed by atoms with E-state index < -0.39 is 0 Å². The lowest BCUT2D eigenvalue weighted by atomic mass is 9.75. The fraction of sp³-hybridized carbons (Fsp3) is 0.545. The highest BCUT2D eigenvalue weighted by molar-refractivity contribution is 5.82. The van der Waals surface area contributed by atoms with Gasteiger partial charge in [-0.05, 0) is 68.7 Å². The predicted molar refractivity (Wildman–Crippen MR) is 109 cm³/mol. The second-order valence-corrected chi connectivity index (χ2v) is 8.48. The Kier molecular flexibility index (Phi) is 4.91. The number of hydrogen-bond donors (Lipinski definition) is 4. The number of hydrogen-bond acceptors (Lipinski definition) is 4. The number of H-pyrrole nitrogens is 1. The third-order valence-corrected chi connectivity index (χ3v) is 6.54. The van der Waals surface area contributed by atoms with Gasteiger partial charge in [0, 0.05) is 6.04 Å². The van der Waals surface area contributed by atoms with Crippen LogP contribution in [-0.2, 0) is 4.79 Å². The van der Waals surface area contributed by atoms with Gasteiger partial charge in [-0.3, -0.25) is 4.79 Å². The molecule has 2 aliphatic heterocycles. The average molecular weight is 380 g/mol. The van der Waals surface area contributed by atoms with Crippen LogP contribution in [0.25, 0.3) is 11.3 Å². The summed E-state index contributed by atoms with van der Waals surface area (Å²) in [5.74, 6) is 1.78. The Balaban J connectivity index is 1.16. The highest BCUT2D eigenvalue weighted by atomic mass is 16.2. The normalized spacial score (nSPS) is 29.6. The van der Waals surface area contributed by atoms with Crippen molar-refractivity contribution in [1.29, 1.82) is 0 Å². The summed E-state index contributed by atoms with van der Waals surface area (Å²) in [4.78, 5) is 20.2. The van der Waals surface area contributed by atoms with Crippen molar-refractivity contribution in [1.82, 2.24) is 25.9 Å². The Morgan fingerprint density at radius 1 is 1.04 bits per heavy atom. The number of carbonyl (C=O) groups is 1. The summed E-state index contributed by atoms with van der Waals surface area (Å²) >= 11 is 0. The molecule has 1 aliphatic carbocycles. The van der Waals surface area contributed by atoms with Crippen LogP contribution in [0.15, 0.2) is 30.5 Å². The van der Waals surface area contributed by atoms with Crippen LogP contribution in [0.3, 0.4) is 0 Å². The number of benzene rings is 1. The first kappa shape index (κ1) is 17.9. The van der Waals surface area contributed by atoms with E-state index in [1.165, 1.54) is 17.5 Å². The summed E-state index contributed by atoms with van der Waals surface area (Å²) in [7, 11) is 0. The summed E-state index contributed by atoms with van der Waals surface area (Å²) in [6.45, 7) is 2.04. The zero-order valence-electron chi connectivity index (χ0n) is 16.2. The van der Waals surface area contributed by atoms with Gasteiger partial charge >= 0.3 is 0 Å². The van der Waals surface area contributed by atoms with E-state index in [2.05, 4.69) is 50.2 Å². The van der Waals surface area contributed by atoms with Crippen LogP contribution < -0.4 is 16.0 Å². The first-order chi connectivity index (χ1) is 13.8. The SMILES string of the molecule is O=C(NC1CC(c2ccc(-c3cnc([C@@H]4CCCN4)[nH]3)cc2)C1)C1CCCN1. The fourth-order valence-electron chi connectivity index (χ4n) is 4.73. The second-order valence-electron chi connectivity index (χ2n) is 8.48. The molecule has 2 aromatic rings. The zero-order chi connectivity index (χ0) is 18.9. The van der Waals surface area contributed by atoms with Crippen molar-refractivity contribution in [3.8, 4) is 11.3 Å². The summed E-state index contributed by atoms with van der Waals surface area (Å²) < 4.78 is 0. The first-order valence-electron chi connectivity index (χ1n) is 10.7. The van der Waals surface area contributed by atoms with Gasteiger partial charge in [-0.15, -0.1) is 0 Å². The molecule has 1 aromatic carbocycles. The van der Waals surface area contributed by atoms with Gasteiger partial charge in [-0.1, -0.05) is 24.3 Å². The maximum Gasteiger partial charge on any atom is 0.237 e. The Bertz CT molecular complexity index is 812. The van der Waals surface area contributed by atoms with Crippen LogP contribution in [0, 0.1) is 0 Å². The minimum atomic E-state index is 0.0251. The van der Waals surface area contributed by atoms with Crippen LogP contribution >= 0.6 is 0 Å². The van der Waals surface area contributed by atoms with Crippen LogP contribution in [0.2, 0.25) is 0 Å². The molecule has 1 unspecified atom stereocenters. The minimum absolute atomic E-state index is 0.0251. The van der Waals surface area contributed by atoms with Gasteiger partial charge in [0.2, 0.25) is 5.91 Å². The summed E-state index contributed by atoms with van der Waals surface area (Å²) in [6.07, 6.45) is 8.47. The number of imidazole rings is 1. The molecule has 6 nitrogen and oxygen atoms in total. The second kappa shape index (κ2) is 7.68. The molecule has 1 saturated carbocycles. The molecule has 3 heterocycles. The van der Waals surface area contributed by atoms with E-state index >= 15 is 0 Å². The monoisotopic (exact) mass is 379 g/mol. The average Bonchev–Trinajstić information content (AvgIpc) is 3.45. The molecule has 1 aromatic heterocycles. The highest BCUT2D eigenvalue weighted by Crippen LogP contribution is 2.37. The molecule has 0 radical (unpaired) electrons. The molecular formula is C22H29N5O. The van der Waals surface area contributed by atoms with Gasteiger partial charge in [0.1, 0.15) is 5.82 Å². The Morgan fingerprint density at radius 3 is 2.54 bits per heavy atom. The van der Waals surface area contributed by atoms with Gasteiger partial charge in [-0.2, -0.15) is 0 Å². The Morgan fingerprint density at radius 2 is 1.82 bits per heavy atom. The summed E-state index contributed by atoms with van der Waals surface area (Å²) in [6, 6.07) is 9.54. The fourth-order valence-corrected chi connectivity index (χ4v) is 4.73. The number of nitrogens with zero attached hydrogens (tertiary/aromatic N) is 1. The quantitative estimate of drug-likeness (QED) is 0.644.